The zero-order valence-corrected chi connectivity index (χ0v) is 17.1. The molecule has 0 radical (unpaired) electrons. The summed E-state index contributed by atoms with van der Waals surface area (Å²) in [6.07, 6.45) is -0.00816. The van der Waals surface area contributed by atoms with Gasteiger partial charge in [0, 0.05) is 23.6 Å². The highest BCUT2D eigenvalue weighted by atomic mass is 35.5. The number of nitrogens with one attached hydrogen (secondary N) is 1. The number of halogens is 1. The Bertz CT molecular complexity index is 973. The Morgan fingerprint density at radius 2 is 1.96 bits per heavy atom. The lowest BCUT2D eigenvalue weighted by atomic mass is 10.1. The van der Waals surface area contributed by atoms with E-state index in [9.17, 15) is 4.79 Å². The molecule has 0 amide bonds. The van der Waals surface area contributed by atoms with E-state index in [0.29, 0.717) is 29.2 Å². The number of nitrogens with zero attached hydrogens (tertiary/aromatic N) is 2. The second kappa shape index (κ2) is 9.14. The Kier molecular flexibility index (Phi) is 6.61. The molecule has 0 fully saturated rings. The molecule has 0 saturated carbocycles. The van der Waals surface area contributed by atoms with Gasteiger partial charge in [-0.1, -0.05) is 23.7 Å². The van der Waals surface area contributed by atoms with Crippen LogP contribution in [0.3, 0.4) is 0 Å². The lowest BCUT2D eigenvalue weighted by molar-refractivity contribution is -0.136. The summed E-state index contributed by atoms with van der Waals surface area (Å²) in [6, 6.07) is 11.0. The molecule has 0 aliphatic carbocycles. The van der Waals surface area contributed by atoms with Crippen LogP contribution in [0.2, 0.25) is 4.34 Å². The number of aliphatic carboxylic acids is 1. The summed E-state index contributed by atoms with van der Waals surface area (Å²) in [4.78, 5) is 21.0. The highest BCUT2D eigenvalue weighted by Crippen LogP contribution is 2.31. The van der Waals surface area contributed by atoms with Gasteiger partial charge in [-0.25, -0.2) is 9.97 Å². The Hall–Kier alpha value is -2.48. The van der Waals surface area contributed by atoms with E-state index in [1.165, 1.54) is 11.3 Å². The van der Waals surface area contributed by atoms with Crippen molar-refractivity contribution in [1.29, 1.82) is 0 Å². The van der Waals surface area contributed by atoms with Crippen LogP contribution in [0.25, 0.3) is 10.7 Å². The van der Waals surface area contributed by atoms with Crippen molar-refractivity contribution in [1.82, 2.24) is 9.97 Å². The van der Waals surface area contributed by atoms with Crippen LogP contribution in [0.4, 0.5) is 11.5 Å². The van der Waals surface area contributed by atoms with Crippen LogP contribution in [0.15, 0.2) is 36.4 Å². The summed E-state index contributed by atoms with van der Waals surface area (Å²) in [6.45, 7) is 4.85. The molecule has 2 N–H and O–H groups in total. The summed E-state index contributed by atoms with van der Waals surface area (Å²) in [5.74, 6) is 0.400. The van der Waals surface area contributed by atoms with Gasteiger partial charge in [0.15, 0.2) is 5.82 Å². The van der Waals surface area contributed by atoms with Crippen molar-refractivity contribution in [2.24, 2.45) is 0 Å². The number of carboxylic acids is 1. The number of ether oxygens (including phenoxy) is 1. The van der Waals surface area contributed by atoms with Crippen LogP contribution < -0.4 is 5.32 Å². The first-order valence-electron chi connectivity index (χ1n) is 8.75. The van der Waals surface area contributed by atoms with E-state index in [1.807, 2.05) is 38.1 Å². The number of aromatic nitrogens is 2. The van der Waals surface area contributed by atoms with Gasteiger partial charge >= 0.3 is 5.97 Å². The third-order valence-corrected chi connectivity index (χ3v) is 5.26. The van der Waals surface area contributed by atoms with Crippen molar-refractivity contribution in [3.05, 3.63) is 57.6 Å². The lowest BCUT2D eigenvalue weighted by Gasteiger charge is -2.15. The van der Waals surface area contributed by atoms with Crippen LogP contribution in [0, 0.1) is 6.92 Å². The molecule has 0 spiro atoms. The summed E-state index contributed by atoms with van der Waals surface area (Å²) in [7, 11) is 0. The number of benzene rings is 1. The molecule has 0 bridgehead atoms. The van der Waals surface area contributed by atoms with Crippen LogP contribution in [-0.4, -0.2) is 27.7 Å². The van der Waals surface area contributed by atoms with Gasteiger partial charge in [0.2, 0.25) is 0 Å². The number of rotatable bonds is 8. The van der Waals surface area contributed by atoms with Crippen molar-refractivity contribution in [2.75, 3.05) is 11.9 Å². The van der Waals surface area contributed by atoms with E-state index >= 15 is 0 Å². The SMILES string of the molecule is CCOCc1c(C)nc(-c2ccc(Cl)s2)nc1Nc1ccc(CC(=O)O)cc1. The van der Waals surface area contributed by atoms with Gasteiger partial charge in [-0.05, 0) is 43.7 Å². The van der Waals surface area contributed by atoms with Crippen molar-refractivity contribution in [3.63, 3.8) is 0 Å². The molecule has 0 aliphatic rings. The topological polar surface area (TPSA) is 84.3 Å². The number of thiophene rings is 1. The molecular weight excluding hydrogens is 398 g/mol. The Labute approximate surface area is 172 Å². The van der Waals surface area contributed by atoms with Gasteiger partial charge < -0.3 is 15.2 Å². The first-order chi connectivity index (χ1) is 13.5. The molecule has 0 aliphatic heterocycles. The third-order valence-electron chi connectivity index (χ3n) is 4.03. The van der Waals surface area contributed by atoms with E-state index < -0.39 is 5.97 Å². The van der Waals surface area contributed by atoms with Crippen LogP contribution in [0.1, 0.15) is 23.7 Å². The molecule has 6 nitrogen and oxygen atoms in total. The Morgan fingerprint density at radius 1 is 1.21 bits per heavy atom. The lowest BCUT2D eigenvalue weighted by Crippen LogP contribution is -2.07. The second-order valence-electron chi connectivity index (χ2n) is 6.09. The third kappa shape index (κ3) is 5.07. The summed E-state index contributed by atoms with van der Waals surface area (Å²) in [5, 5.41) is 12.2. The van der Waals surface area contributed by atoms with Gasteiger partial charge in [0.25, 0.3) is 0 Å². The molecule has 3 rings (SSSR count). The van der Waals surface area contributed by atoms with Crippen molar-refractivity contribution in [3.8, 4) is 10.7 Å². The zero-order valence-electron chi connectivity index (χ0n) is 15.5. The summed E-state index contributed by atoms with van der Waals surface area (Å²) in [5.41, 5.74) is 3.25. The first kappa shape index (κ1) is 20.3. The Balaban J connectivity index is 1.94. The van der Waals surface area contributed by atoms with Crippen LogP contribution >= 0.6 is 22.9 Å². The van der Waals surface area contributed by atoms with E-state index in [4.69, 9.17) is 26.4 Å². The Morgan fingerprint density at radius 3 is 2.57 bits per heavy atom. The normalized spacial score (nSPS) is 10.8. The second-order valence-corrected chi connectivity index (χ2v) is 7.81. The molecule has 0 atom stereocenters. The summed E-state index contributed by atoms with van der Waals surface area (Å²) >= 11 is 7.48. The van der Waals surface area contributed by atoms with Crippen molar-refractivity contribution < 1.29 is 14.6 Å². The number of carboxylic acid groups (broad SMARTS) is 1. The van der Waals surface area contributed by atoms with Gasteiger partial charge in [-0.3, -0.25) is 4.79 Å². The number of carbonyl (C=O) groups is 1. The van der Waals surface area contributed by atoms with Crippen LogP contribution in [-0.2, 0) is 22.6 Å². The van der Waals surface area contributed by atoms with Gasteiger partial charge in [0.1, 0.15) is 5.82 Å². The van der Waals surface area contributed by atoms with Crippen LogP contribution in [0.5, 0.6) is 0 Å². The standard InChI is InChI=1S/C20H20ClN3O3S/c1-3-27-11-15-12(2)22-20(16-8-9-17(21)28-16)24-19(15)23-14-6-4-13(5-7-14)10-18(25)26/h4-9H,3,10-11H2,1-2H3,(H,25,26)(H,22,23,24). The maximum absolute atomic E-state index is 10.8. The van der Waals surface area contributed by atoms with E-state index in [1.54, 1.807) is 12.1 Å². The van der Waals surface area contributed by atoms with Gasteiger partial charge in [-0.2, -0.15) is 0 Å². The molecule has 28 heavy (non-hydrogen) atoms. The summed E-state index contributed by atoms with van der Waals surface area (Å²) < 4.78 is 6.27. The minimum Gasteiger partial charge on any atom is -0.481 e. The van der Waals surface area contributed by atoms with Gasteiger partial charge in [0.05, 0.1) is 22.2 Å². The highest BCUT2D eigenvalue weighted by molar-refractivity contribution is 7.19. The predicted octanol–water partition coefficient (Wildman–Crippen LogP) is 5.07. The van der Waals surface area contributed by atoms with Crippen molar-refractivity contribution in [2.45, 2.75) is 26.9 Å². The molecule has 0 unspecified atom stereocenters. The fourth-order valence-corrected chi connectivity index (χ4v) is 3.62. The average Bonchev–Trinajstić information content (AvgIpc) is 3.08. The maximum Gasteiger partial charge on any atom is 0.307 e. The number of hydrogen-bond donors (Lipinski definition) is 2. The molecule has 146 valence electrons. The van der Waals surface area contributed by atoms with E-state index in [-0.39, 0.29) is 6.42 Å². The smallest absolute Gasteiger partial charge is 0.307 e. The molecule has 2 aromatic heterocycles. The van der Waals surface area contributed by atoms with Gasteiger partial charge in [-0.15, -0.1) is 11.3 Å². The largest absolute Gasteiger partial charge is 0.481 e. The number of hydrogen-bond acceptors (Lipinski definition) is 6. The van der Waals surface area contributed by atoms with E-state index in [0.717, 1.165) is 27.4 Å². The number of anilines is 2. The molecular formula is C20H20ClN3O3S. The molecule has 8 heteroatoms. The number of aryl methyl sites for hydroxylation is 1. The minimum atomic E-state index is -0.856. The fourth-order valence-electron chi connectivity index (χ4n) is 2.64. The molecule has 0 saturated heterocycles. The predicted molar refractivity (Wildman–Crippen MR) is 111 cm³/mol. The quantitative estimate of drug-likeness (QED) is 0.532. The average molecular weight is 418 g/mol. The zero-order chi connectivity index (χ0) is 20.1. The van der Waals surface area contributed by atoms with Crippen molar-refractivity contribution >= 4 is 40.4 Å². The minimum absolute atomic E-state index is 0.00816. The maximum atomic E-state index is 10.8. The van der Waals surface area contributed by atoms with E-state index in [2.05, 4.69) is 10.3 Å². The fraction of sp³-hybridized carbons (Fsp3) is 0.250. The monoisotopic (exact) mass is 417 g/mol. The highest BCUT2D eigenvalue weighted by Gasteiger charge is 2.15. The molecule has 1 aromatic carbocycles. The molecule has 2 heterocycles. The first-order valence-corrected chi connectivity index (χ1v) is 9.94. The molecule has 3 aromatic rings.